The van der Waals surface area contributed by atoms with Crippen LogP contribution in [-0.2, 0) is 4.79 Å². The molecular formula is C14H24N2O. The average Bonchev–Trinajstić information content (AvgIpc) is 2.40. The zero-order valence-corrected chi connectivity index (χ0v) is 10.8. The number of amides is 1. The van der Waals surface area contributed by atoms with Crippen molar-refractivity contribution in [1.82, 2.24) is 10.6 Å². The number of carbonyl (C=O) groups is 1. The Bertz CT molecular complexity index is 293. The zero-order valence-electron chi connectivity index (χ0n) is 10.8. The molecule has 0 aromatic rings. The molecule has 2 atom stereocenters. The van der Waals surface area contributed by atoms with Crippen LogP contribution in [0.5, 0.6) is 0 Å². The summed E-state index contributed by atoms with van der Waals surface area (Å²) in [6, 6.07) is 0.359. The number of hydrogen-bond donors (Lipinski definition) is 2. The summed E-state index contributed by atoms with van der Waals surface area (Å²) in [4.78, 5) is 12.4. The smallest absolute Gasteiger partial charge is 0.227 e. The lowest BCUT2D eigenvalue weighted by atomic mass is 9.77. The summed E-state index contributed by atoms with van der Waals surface area (Å²) >= 11 is 0. The van der Waals surface area contributed by atoms with Crippen LogP contribution in [-0.4, -0.2) is 25.0 Å². The van der Waals surface area contributed by atoms with Crippen molar-refractivity contribution < 1.29 is 4.79 Å². The van der Waals surface area contributed by atoms with E-state index in [1.54, 1.807) is 0 Å². The Hall–Kier alpha value is -0.830. The van der Waals surface area contributed by atoms with Crippen LogP contribution in [0.2, 0.25) is 0 Å². The van der Waals surface area contributed by atoms with Crippen LogP contribution >= 0.6 is 0 Å². The van der Waals surface area contributed by atoms with Gasteiger partial charge in [0, 0.05) is 12.6 Å². The first-order chi connectivity index (χ1) is 8.27. The lowest BCUT2D eigenvalue weighted by Crippen LogP contribution is -2.52. The van der Waals surface area contributed by atoms with Crippen molar-refractivity contribution in [3.8, 4) is 0 Å². The Morgan fingerprint density at radius 3 is 3.00 bits per heavy atom. The topological polar surface area (TPSA) is 41.1 Å². The van der Waals surface area contributed by atoms with Gasteiger partial charge in [-0.05, 0) is 45.1 Å². The van der Waals surface area contributed by atoms with Gasteiger partial charge < -0.3 is 10.6 Å². The van der Waals surface area contributed by atoms with E-state index in [1.807, 2.05) is 0 Å². The molecule has 1 fully saturated rings. The van der Waals surface area contributed by atoms with Gasteiger partial charge >= 0.3 is 0 Å². The van der Waals surface area contributed by atoms with Crippen LogP contribution < -0.4 is 10.6 Å². The SMILES string of the molecule is CCC1(C(=O)NC2CC=CCC2)CCCNC1. The molecule has 0 saturated carbocycles. The van der Waals surface area contributed by atoms with E-state index in [4.69, 9.17) is 0 Å². The molecule has 1 saturated heterocycles. The number of nitrogens with one attached hydrogen (secondary N) is 2. The van der Waals surface area contributed by atoms with E-state index in [9.17, 15) is 4.79 Å². The van der Waals surface area contributed by atoms with Crippen LogP contribution in [0.25, 0.3) is 0 Å². The lowest BCUT2D eigenvalue weighted by Gasteiger charge is -2.37. The maximum Gasteiger partial charge on any atom is 0.227 e. The lowest BCUT2D eigenvalue weighted by molar-refractivity contribution is -0.133. The first-order valence-electron chi connectivity index (χ1n) is 6.93. The van der Waals surface area contributed by atoms with E-state index in [0.29, 0.717) is 6.04 Å². The van der Waals surface area contributed by atoms with Crippen LogP contribution in [0.1, 0.15) is 45.4 Å². The Morgan fingerprint density at radius 1 is 1.53 bits per heavy atom. The third kappa shape index (κ3) is 2.89. The molecule has 0 spiro atoms. The van der Waals surface area contributed by atoms with Crippen LogP contribution in [0, 0.1) is 5.41 Å². The summed E-state index contributed by atoms with van der Waals surface area (Å²) < 4.78 is 0. The highest BCUT2D eigenvalue weighted by Crippen LogP contribution is 2.30. The largest absolute Gasteiger partial charge is 0.353 e. The summed E-state index contributed by atoms with van der Waals surface area (Å²) in [5.41, 5.74) is -0.153. The van der Waals surface area contributed by atoms with E-state index in [2.05, 4.69) is 29.7 Å². The zero-order chi connectivity index (χ0) is 12.1. The standard InChI is InChI=1S/C14H24N2O/c1-2-14(9-6-10-15-11-14)13(17)16-12-7-4-3-5-8-12/h3-4,12,15H,2,5-11H2,1H3,(H,16,17). The van der Waals surface area contributed by atoms with Gasteiger partial charge in [-0.2, -0.15) is 0 Å². The maximum absolute atomic E-state index is 12.4. The van der Waals surface area contributed by atoms with Gasteiger partial charge in [0.15, 0.2) is 0 Å². The van der Waals surface area contributed by atoms with Crippen LogP contribution in [0.15, 0.2) is 12.2 Å². The fraction of sp³-hybridized carbons (Fsp3) is 0.786. The highest BCUT2D eigenvalue weighted by atomic mass is 16.2. The molecule has 2 unspecified atom stereocenters. The van der Waals surface area contributed by atoms with Crippen molar-refractivity contribution in [3.63, 3.8) is 0 Å². The molecule has 1 aliphatic heterocycles. The summed E-state index contributed by atoms with van der Waals surface area (Å²) in [5.74, 6) is 0.271. The second-order valence-corrected chi connectivity index (χ2v) is 5.37. The van der Waals surface area contributed by atoms with E-state index in [0.717, 1.165) is 51.6 Å². The molecule has 1 amide bonds. The predicted molar refractivity (Wildman–Crippen MR) is 69.7 cm³/mol. The van der Waals surface area contributed by atoms with E-state index < -0.39 is 0 Å². The minimum atomic E-state index is -0.153. The summed E-state index contributed by atoms with van der Waals surface area (Å²) in [7, 11) is 0. The molecule has 0 bridgehead atoms. The van der Waals surface area contributed by atoms with Gasteiger partial charge in [0.1, 0.15) is 0 Å². The number of piperidine rings is 1. The van der Waals surface area contributed by atoms with Crippen molar-refractivity contribution in [2.24, 2.45) is 5.41 Å². The molecule has 17 heavy (non-hydrogen) atoms. The van der Waals surface area contributed by atoms with Gasteiger partial charge in [0.05, 0.1) is 5.41 Å². The number of allylic oxidation sites excluding steroid dienone is 1. The van der Waals surface area contributed by atoms with Gasteiger partial charge in [-0.15, -0.1) is 0 Å². The number of rotatable bonds is 3. The Kier molecular flexibility index (Phi) is 4.21. The van der Waals surface area contributed by atoms with Crippen LogP contribution in [0.3, 0.4) is 0 Å². The molecular weight excluding hydrogens is 212 g/mol. The summed E-state index contributed by atoms with van der Waals surface area (Å²) in [6.45, 7) is 4.03. The first-order valence-corrected chi connectivity index (χ1v) is 6.93. The number of hydrogen-bond acceptors (Lipinski definition) is 2. The van der Waals surface area contributed by atoms with Gasteiger partial charge in [0.2, 0.25) is 5.91 Å². The predicted octanol–water partition coefficient (Wildman–Crippen LogP) is 1.99. The molecule has 3 nitrogen and oxygen atoms in total. The fourth-order valence-corrected chi connectivity index (χ4v) is 2.89. The van der Waals surface area contributed by atoms with Crippen molar-refractivity contribution in [1.29, 1.82) is 0 Å². The van der Waals surface area contributed by atoms with Gasteiger partial charge in [0.25, 0.3) is 0 Å². The highest BCUT2D eigenvalue weighted by Gasteiger charge is 2.38. The van der Waals surface area contributed by atoms with Crippen molar-refractivity contribution >= 4 is 5.91 Å². The van der Waals surface area contributed by atoms with E-state index >= 15 is 0 Å². The van der Waals surface area contributed by atoms with Crippen molar-refractivity contribution in [2.75, 3.05) is 13.1 Å². The van der Waals surface area contributed by atoms with Crippen LogP contribution in [0.4, 0.5) is 0 Å². The minimum absolute atomic E-state index is 0.153. The maximum atomic E-state index is 12.4. The van der Waals surface area contributed by atoms with Gasteiger partial charge in [-0.3, -0.25) is 4.79 Å². The van der Waals surface area contributed by atoms with E-state index in [1.165, 1.54) is 0 Å². The quantitative estimate of drug-likeness (QED) is 0.736. The number of carbonyl (C=O) groups excluding carboxylic acids is 1. The molecule has 2 N–H and O–H groups in total. The van der Waals surface area contributed by atoms with Crippen molar-refractivity contribution in [2.45, 2.75) is 51.5 Å². The fourth-order valence-electron chi connectivity index (χ4n) is 2.89. The summed E-state index contributed by atoms with van der Waals surface area (Å²) in [5, 5.41) is 6.62. The molecule has 96 valence electrons. The molecule has 0 aromatic carbocycles. The Balaban J connectivity index is 1.94. The molecule has 1 aliphatic carbocycles. The summed E-state index contributed by atoms with van der Waals surface area (Å²) in [6.07, 6.45) is 10.7. The molecule has 0 aromatic heterocycles. The molecule has 1 heterocycles. The third-order valence-electron chi connectivity index (χ3n) is 4.24. The molecule has 0 radical (unpaired) electrons. The van der Waals surface area contributed by atoms with Crippen molar-refractivity contribution in [3.05, 3.63) is 12.2 Å². The average molecular weight is 236 g/mol. The first kappa shape index (κ1) is 12.6. The monoisotopic (exact) mass is 236 g/mol. The third-order valence-corrected chi connectivity index (χ3v) is 4.24. The second-order valence-electron chi connectivity index (χ2n) is 5.37. The normalized spacial score (nSPS) is 33.4. The highest BCUT2D eigenvalue weighted by molar-refractivity contribution is 5.83. The molecule has 2 rings (SSSR count). The second kappa shape index (κ2) is 5.67. The van der Waals surface area contributed by atoms with E-state index in [-0.39, 0.29) is 11.3 Å². The Morgan fingerprint density at radius 2 is 2.41 bits per heavy atom. The molecule has 3 heteroatoms. The van der Waals surface area contributed by atoms with Gasteiger partial charge in [-0.1, -0.05) is 19.1 Å². The minimum Gasteiger partial charge on any atom is -0.353 e. The Labute approximate surface area is 104 Å². The molecule has 2 aliphatic rings. The van der Waals surface area contributed by atoms with Gasteiger partial charge in [-0.25, -0.2) is 0 Å².